The minimum atomic E-state index is -0.120. The largest absolute Gasteiger partial charge is 0.376 e. The van der Waals surface area contributed by atoms with Crippen molar-refractivity contribution in [2.24, 2.45) is 0 Å². The van der Waals surface area contributed by atoms with Gasteiger partial charge in [-0.15, -0.1) is 0 Å². The molecule has 1 aromatic rings. The molecule has 5 heteroatoms. The average Bonchev–Trinajstić information content (AvgIpc) is 3.04. The molecule has 1 saturated heterocycles. The lowest BCUT2D eigenvalue weighted by Crippen LogP contribution is -2.38. The van der Waals surface area contributed by atoms with Crippen molar-refractivity contribution in [3.05, 3.63) is 35.4 Å². The standard InChI is InChI=1S/C16H17N3O2/c17-8-2-9-19(12-15-3-1-10-21-15)16(20)14-6-4-13(11-18)5-7-14/h4-7,15H,1-3,9-10,12H2. The molecular formula is C16H17N3O2. The van der Waals surface area contributed by atoms with Gasteiger partial charge in [-0.25, -0.2) is 0 Å². The molecule has 0 aliphatic carbocycles. The number of hydrogen-bond acceptors (Lipinski definition) is 4. The van der Waals surface area contributed by atoms with Crippen LogP contribution in [0.1, 0.15) is 35.2 Å². The molecule has 2 rings (SSSR count). The Balaban J connectivity index is 2.08. The van der Waals surface area contributed by atoms with Crippen LogP contribution >= 0.6 is 0 Å². The van der Waals surface area contributed by atoms with E-state index in [0.717, 1.165) is 19.4 Å². The van der Waals surface area contributed by atoms with E-state index >= 15 is 0 Å². The molecule has 108 valence electrons. The maximum Gasteiger partial charge on any atom is 0.253 e. The lowest BCUT2D eigenvalue weighted by atomic mass is 10.1. The van der Waals surface area contributed by atoms with E-state index in [9.17, 15) is 4.79 Å². The molecule has 1 unspecified atom stereocenters. The third-order valence-electron chi connectivity index (χ3n) is 3.49. The SMILES string of the molecule is N#CCCN(CC1CCCO1)C(=O)c1ccc(C#N)cc1. The first-order valence-corrected chi connectivity index (χ1v) is 7.02. The van der Waals surface area contributed by atoms with Crippen LogP contribution in [0.3, 0.4) is 0 Å². The van der Waals surface area contributed by atoms with E-state index in [1.807, 2.05) is 6.07 Å². The third-order valence-corrected chi connectivity index (χ3v) is 3.49. The van der Waals surface area contributed by atoms with Crippen molar-refractivity contribution in [2.75, 3.05) is 19.7 Å². The zero-order valence-electron chi connectivity index (χ0n) is 11.8. The maximum atomic E-state index is 12.5. The van der Waals surface area contributed by atoms with E-state index in [4.69, 9.17) is 15.3 Å². The van der Waals surface area contributed by atoms with E-state index in [-0.39, 0.29) is 12.0 Å². The molecule has 1 fully saturated rings. The fraction of sp³-hybridized carbons (Fsp3) is 0.438. The number of carbonyl (C=O) groups excluding carboxylic acids is 1. The normalized spacial score (nSPS) is 17.0. The summed E-state index contributed by atoms with van der Waals surface area (Å²) < 4.78 is 5.57. The number of nitriles is 2. The molecule has 5 nitrogen and oxygen atoms in total. The van der Waals surface area contributed by atoms with E-state index in [2.05, 4.69) is 6.07 Å². The van der Waals surface area contributed by atoms with Gasteiger partial charge in [0.25, 0.3) is 5.91 Å². The number of nitrogens with zero attached hydrogens (tertiary/aromatic N) is 3. The van der Waals surface area contributed by atoms with Crippen LogP contribution in [0.4, 0.5) is 0 Å². The Kier molecular flexibility index (Phi) is 5.31. The second kappa shape index (κ2) is 7.42. The molecule has 21 heavy (non-hydrogen) atoms. The number of hydrogen-bond donors (Lipinski definition) is 0. The number of amides is 1. The molecule has 1 amide bonds. The van der Waals surface area contributed by atoms with Crippen LogP contribution < -0.4 is 0 Å². The van der Waals surface area contributed by atoms with Crippen molar-refractivity contribution >= 4 is 5.91 Å². The molecule has 0 bridgehead atoms. The molecule has 1 aliphatic heterocycles. The van der Waals surface area contributed by atoms with E-state index in [1.54, 1.807) is 29.2 Å². The monoisotopic (exact) mass is 283 g/mol. The van der Waals surface area contributed by atoms with Crippen molar-refractivity contribution in [1.29, 1.82) is 10.5 Å². The average molecular weight is 283 g/mol. The Bertz CT molecular complexity index is 563. The molecule has 1 aromatic carbocycles. The summed E-state index contributed by atoms with van der Waals surface area (Å²) in [4.78, 5) is 14.2. The van der Waals surface area contributed by atoms with Gasteiger partial charge in [0.05, 0.1) is 30.2 Å². The van der Waals surface area contributed by atoms with Gasteiger partial charge in [0.1, 0.15) is 0 Å². The Morgan fingerprint density at radius 2 is 2.10 bits per heavy atom. The molecule has 0 spiro atoms. The van der Waals surface area contributed by atoms with Crippen LogP contribution in [0.2, 0.25) is 0 Å². The fourth-order valence-electron chi connectivity index (χ4n) is 2.36. The molecule has 1 heterocycles. The lowest BCUT2D eigenvalue weighted by molar-refractivity contribution is 0.0531. The number of carbonyl (C=O) groups is 1. The highest BCUT2D eigenvalue weighted by Gasteiger charge is 2.23. The molecule has 0 N–H and O–H groups in total. The quantitative estimate of drug-likeness (QED) is 0.829. The summed E-state index contributed by atoms with van der Waals surface area (Å²) in [6.45, 7) is 1.65. The first-order chi connectivity index (χ1) is 10.2. The van der Waals surface area contributed by atoms with Gasteiger partial charge in [0.2, 0.25) is 0 Å². The van der Waals surface area contributed by atoms with Gasteiger partial charge in [-0.05, 0) is 37.1 Å². The number of ether oxygens (including phenoxy) is 1. The topological polar surface area (TPSA) is 77.1 Å². The summed E-state index contributed by atoms with van der Waals surface area (Å²) >= 11 is 0. The van der Waals surface area contributed by atoms with Crippen molar-refractivity contribution in [1.82, 2.24) is 4.90 Å². The van der Waals surface area contributed by atoms with Crippen molar-refractivity contribution < 1.29 is 9.53 Å². The Labute approximate surface area is 124 Å². The van der Waals surface area contributed by atoms with Crippen molar-refractivity contribution in [3.8, 4) is 12.1 Å². The molecule has 1 atom stereocenters. The number of benzene rings is 1. The Hall–Kier alpha value is -2.37. The van der Waals surface area contributed by atoms with Gasteiger partial charge >= 0.3 is 0 Å². The second-order valence-electron chi connectivity index (χ2n) is 4.98. The highest BCUT2D eigenvalue weighted by Crippen LogP contribution is 2.15. The summed E-state index contributed by atoms with van der Waals surface area (Å²) in [6.07, 6.45) is 2.33. The van der Waals surface area contributed by atoms with Crippen molar-refractivity contribution in [3.63, 3.8) is 0 Å². The van der Waals surface area contributed by atoms with Crippen LogP contribution in [0, 0.1) is 22.7 Å². The van der Waals surface area contributed by atoms with E-state index in [0.29, 0.717) is 30.6 Å². The molecule has 1 aliphatic rings. The van der Waals surface area contributed by atoms with Crippen molar-refractivity contribution in [2.45, 2.75) is 25.4 Å². The van der Waals surface area contributed by atoms with Gasteiger partial charge in [0, 0.05) is 25.3 Å². The van der Waals surface area contributed by atoms with Gasteiger partial charge < -0.3 is 9.64 Å². The Morgan fingerprint density at radius 3 is 2.67 bits per heavy atom. The minimum absolute atomic E-state index is 0.0611. The van der Waals surface area contributed by atoms with Crippen LogP contribution in [-0.4, -0.2) is 36.6 Å². The smallest absolute Gasteiger partial charge is 0.253 e. The van der Waals surface area contributed by atoms with Crippen LogP contribution in [-0.2, 0) is 4.74 Å². The third kappa shape index (κ3) is 4.05. The van der Waals surface area contributed by atoms with Gasteiger partial charge in [-0.3, -0.25) is 4.79 Å². The predicted molar refractivity (Wildman–Crippen MR) is 76.3 cm³/mol. The van der Waals surface area contributed by atoms with Crippen LogP contribution in [0.15, 0.2) is 24.3 Å². The first-order valence-electron chi connectivity index (χ1n) is 7.02. The predicted octanol–water partition coefficient (Wildman–Crippen LogP) is 2.09. The minimum Gasteiger partial charge on any atom is -0.376 e. The van der Waals surface area contributed by atoms with Gasteiger partial charge in [-0.2, -0.15) is 10.5 Å². The summed E-state index contributed by atoms with van der Waals surface area (Å²) in [7, 11) is 0. The zero-order chi connectivity index (χ0) is 15.1. The molecular weight excluding hydrogens is 266 g/mol. The highest BCUT2D eigenvalue weighted by atomic mass is 16.5. The maximum absolute atomic E-state index is 12.5. The fourth-order valence-corrected chi connectivity index (χ4v) is 2.36. The zero-order valence-corrected chi connectivity index (χ0v) is 11.8. The lowest BCUT2D eigenvalue weighted by Gasteiger charge is -2.24. The molecule has 0 radical (unpaired) electrons. The van der Waals surface area contributed by atoms with Gasteiger partial charge in [0.15, 0.2) is 0 Å². The van der Waals surface area contributed by atoms with E-state index in [1.165, 1.54) is 0 Å². The van der Waals surface area contributed by atoms with Crippen LogP contribution in [0.5, 0.6) is 0 Å². The van der Waals surface area contributed by atoms with E-state index < -0.39 is 0 Å². The summed E-state index contributed by atoms with van der Waals surface area (Å²) in [5.74, 6) is -0.120. The number of rotatable bonds is 5. The Morgan fingerprint density at radius 1 is 1.33 bits per heavy atom. The summed E-state index contributed by atoms with van der Waals surface area (Å²) in [6, 6.07) is 10.6. The summed E-state index contributed by atoms with van der Waals surface area (Å²) in [5.41, 5.74) is 1.05. The molecule has 0 aromatic heterocycles. The summed E-state index contributed by atoms with van der Waals surface area (Å²) in [5, 5.41) is 17.5. The van der Waals surface area contributed by atoms with Crippen LogP contribution in [0.25, 0.3) is 0 Å². The molecule has 0 saturated carbocycles. The second-order valence-corrected chi connectivity index (χ2v) is 4.98. The highest BCUT2D eigenvalue weighted by molar-refractivity contribution is 5.94. The van der Waals surface area contributed by atoms with Gasteiger partial charge in [-0.1, -0.05) is 0 Å². The first kappa shape index (κ1) is 15.0.